The molecule has 1 saturated heterocycles. The summed E-state index contributed by atoms with van der Waals surface area (Å²) < 4.78 is 27.6. The lowest BCUT2D eigenvalue weighted by atomic mass is 9.96. The van der Waals surface area contributed by atoms with Crippen molar-refractivity contribution >= 4 is 9.84 Å². The first kappa shape index (κ1) is 21.7. The lowest BCUT2D eigenvalue weighted by molar-refractivity contribution is 0.312. The Morgan fingerprint density at radius 2 is 1.81 bits per heavy atom. The van der Waals surface area contributed by atoms with Gasteiger partial charge in [0.05, 0.1) is 29.1 Å². The van der Waals surface area contributed by atoms with Crippen LogP contribution in [-0.4, -0.2) is 49.5 Å². The number of sulfone groups is 1. The zero-order chi connectivity index (χ0) is 22.4. The summed E-state index contributed by atoms with van der Waals surface area (Å²) in [4.78, 5) is 9.43. The summed E-state index contributed by atoms with van der Waals surface area (Å²) in [6.07, 6.45) is 2.97. The van der Waals surface area contributed by atoms with Crippen molar-refractivity contribution in [2.75, 3.05) is 11.5 Å². The van der Waals surface area contributed by atoms with Crippen LogP contribution in [0.15, 0.2) is 24.4 Å². The number of rotatable bonds is 4. The van der Waals surface area contributed by atoms with Crippen LogP contribution in [0, 0.1) is 19.3 Å². The number of hydrogen-bond donors (Lipinski definition) is 0. The van der Waals surface area contributed by atoms with E-state index in [2.05, 4.69) is 30.9 Å². The van der Waals surface area contributed by atoms with E-state index in [1.54, 1.807) is 6.20 Å². The summed E-state index contributed by atoms with van der Waals surface area (Å²) >= 11 is 0. The molecule has 9 heteroatoms. The molecule has 0 radical (unpaired) electrons. The van der Waals surface area contributed by atoms with Gasteiger partial charge >= 0.3 is 0 Å². The molecule has 31 heavy (non-hydrogen) atoms. The van der Waals surface area contributed by atoms with E-state index in [1.165, 1.54) is 0 Å². The van der Waals surface area contributed by atoms with Gasteiger partial charge < -0.3 is 0 Å². The van der Waals surface area contributed by atoms with E-state index in [-0.39, 0.29) is 22.8 Å². The SMILES string of the molecule is Cc1cc(C)n(-c2ccc(-c3nc(C4CCS(=O)(=O)CC4)n(CC(C)(C)C)n3)nc2)n1. The predicted molar refractivity (Wildman–Crippen MR) is 120 cm³/mol. The van der Waals surface area contributed by atoms with Crippen molar-refractivity contribution in [3.8, 4) is 17.2 Å². The second kappa shape index (κ2) is 7.85. The van der Waals surface area contributed by atoms with Crippen LogP contribution in [-0.2, 0) is 16.4 Å². The van der Waals surface area contributed by atoms with E-state index in [4.69, 9.17) is 10.1 Å². The van der Waals surface area contributed by atoms with Crippen LogP contribution in [0.5, 0.6) is 0 Å². The van der Waals surface area contributed by atoms with Crippen LogP contribution < -0.4 is 0 Å². The van der Waals surface area contributed by atoms with Crippen molar-refractivity contribution in [3.63, 3.8) is 0 Å². The minimum atomic E-state index is -2.93. The van der Waals surface area contributed by atoms with Gasteiger partial charge in [-0.3, -0.25) is 4.98 Å². The fraction of sp³-hybridized carbons (Fsp3) is 0.545. The van der Waals surface area contributed by atoms with E-state index < -0.39 is 9.84 Å². The van der Waals surface area contributed by atoms with Gasteiger partial charge in [0.15, 0.2) is 5.82 Å². The third-order valence-corrected chi connectivity index (χ3v) is 7.19. The maximum Gasteiger partial charge on any atom is 0.200 e. The Morgan fingerprint density at radius 3 is 2.35 bits per heavy atom. The molecule has 4 rings (SSSR count). The van der Waals surface area contributed by atoms with E-state index in [9.17, 15) is 8.42 Å². The zero-order valence-corrected chi connectivity index (χ0v) is 19.6. The fourth-order valence-electron chi connectivity index (χ4n) is 4.01. The monoisotopic (exact) mass is 442 g/mol. The Labute approximate surface area is 183 Å². The smallest absolute Gasteiger partial charge is 0.200 e. The average molecular weight is 443 g/mol. The second-order valence-corrected chi connectivity index (χ2v) is 12.0. The molecule has 3 aromatic heterocycles. The minimum Gasteiger partial charge on any atom is -0.251 e. The van der Waals surface area contributed by atoms with Crippen LogP contribution >= 0.6 is 0 Å². The highest BCUT2D eigenvalue weighted by Gasteiger charge is 2.30. The molecule has 0 spiro atoms. The first-order chi connectivity index (χ1) is 14.5. The van der Waals surface area contributed by atoms with Crippen molar-refractivity contribution in [1.82, 2.24) is 29.5 Å². The molecule has 0 aliphatic carbocycles. The third-order valence-electron chi connectivity index (χ3n) is 5.48. The molecule has 0 amide bonds. The highest BCUT2D eigenvalue weighted by molar-refractivity contribution is 7.91. The zero-order valence-electron chi connectivity index (χ0n) is 18.8. The molecule has 8 nitrogen and oxygen atoms in total. The molecule has 0 saturated carbocycles. The van der Waals surface area contributed by atoms with Gasteiger partial charge in [0.25, 0.3) is 0 Å². The number of pyridine rings is 1. The van der Waals surface area contributed by atoms with Gasteiger partial charge in [-0.05, 0) is 50.3 Å². The summed E-state index contributed by atoms with van der Waals surface area (Å²) in [7, 11) is -2.93. The van der Waals surface area contributed by atoms with Gasteiger partial charge in [-0.25, -0.2) is 22.8 Å². The summed E-state index contributed by atoms with van der Waals surface area (Å²) in [5, 5.41) is 9.28. The van der Waals surface area contributed by atoms with Crippen LogP contribution in [0.1, 0.15) is 56.7 Å². The van der Waals surface area contributed by atoms with E-state index in [1.807, 2.05) is 41.4 Å². The molecule has 0 N–H and O–H groups in total. The molecule has 0 bridgehead atoms. The Hall–Kier alpha value is -2.55. The molecule has 4 heterocycles. The lowest BCUT2D eigenvalue weighted by Gasteiger charge is -2.24. The Balaban J connectivity index is 1.66. The van der Waals surface area contributed by atoms with Crippen LogP contribution in [0.3, 0.4) is 0 Å². The molecule has 166 valence electrons. The molecule has 1 fully saturated rings. The Morgan fingerprint density at radius 1 is 1.10 bits per heavy atom. The van der Waals surface area contributed by atoms with Crippen molar-refractivity contribution in [2.24, 2.45) is 5.41 Å². The van der Waals surface area contributed by atoms with Gasteiger partial charge in [-0.15, -0.1) is 5.10 Å². The van der Waals surface area contributed by atoms with Gasteiger partial charge in [0, 0.05) is 18.2 Å². The highest BCUT2D eigenvalue weighted by atomic mass is 32.2. The van der Waals surface area contributed by atoms with Crippen LogP contribution in [0.25, 0.3) is 17.2 Å². The van der Waals surface area contributed by atoms with E-state index in [0.29, 0.717) is 30.9 Å². The van der Waals surface area contributed by atoms with Gasteiger partial charge in [0.1, 0.15) is 21.4 Å². The molecular weight excluding hydrogens is 412 g/mol. The minimum absolute atomic E-state index is 0.0211. The molecule has 0 unspecified atom stereocenters. The first-order valence-electron chi connectivity index (χ1n) is 10.7. The second-order valence-electron chi connectivity index (χ2n) is 9.68. The molecule has 0 aromatic carbocycles. The van der Waals surface area contributed by atoms with Crippen molar-refractivity contribution in [3.05, 3.63) is 41.6 Å². The van der Waals surface area contributed by atoms with Crippen molar-refractivity contribution in [1.29, 1.82) is 0 Å². The van der Waals surface area contributed by atoms with Gasteiger partial charge in [-0.1, -0.05) is 20.8 Å². The van der Waals surface area contributed by atoms with Crippen molar-refractivity contribution in [2.45, 2.75) is 59.9 Å². The average Bonchev–Trinajstić information content (AvgIpc) is 3.23. The summed E-state index contributed by atoms with van der Waals surface area (Å²) in [5.74, 6) is 1.97. The van der Waals surface area contributed by atoms with E-state index in [0.717, 1.165) is 22.9 Å². The van der Waals surface area contributed by atoms with Crippen LogP contribution in [0.4, 0.5) is 0 Å². The molecule has 1 aliphatic rings. The maximum atomic E-state index is 11.9. The Bertz CT molecular complexity index is 1170. The van der Waals surface area contributed by atoms with Gasteiger partial charge in [0.2, 0.25) is 0 Å². The quantitative estimate of drug-likeness (QED) is 0.614. The summed E-state index contributed by atoms with van der Waals surface area (Å²) in [6, 6.07) is 5.91. The highest BCUT2D eigenvalue weighted by Crippen LogP contribution is 2.31. The fourth-order valence-corrected chi connectivity index (χ4v) is 5.50. The molecule has 1 aliphatic heterocycles. The summed E-state index contributed by atoms with van der Waals surface area (Å²) in [6.45, 7) is 11.2. The number of nitrogens with zero attached hydrogens (tertiary/aromatic N) is 6. The van der Waals surface area contributed by atoms with E-state index >= 15 is 0 Å². The molecular formula is C22H30N6O2S. The number of aromatic nitrogens is 6. The topological polar surface area (TPSA) is 95.6 Å². The van der Waals surface area contributed by atoms with Gasteiger partial charge in [-0.2, -0.15) is 5.10 Å². The summed E-state index contributed by atoms with van der Waals surface area (Å²) in [5.41, 5.74) is 3.62. The van der Waals surface area contributed by atoms with Crippen molar-refractivity contribution < 1.29 is 8.42 Å². The standard InChI is InChI=1S/C22H30N6O2S/c1-15-12-16(2)28(25-15)18-6-7-19(23-13-18)20-24-21(27(26-20)14-22(3,4)5)17-8-10-31(29,30)11-9-17/h6-7,12-13,17H,8-11,14H2,1-5H3. The lowest BCUT2D eigenvalue weighted by Crippen LogP contribution is -2.26. The predicted octanol–water partition coefficient (Wildman–Crippen LogP) is 3.48. The molecule has 3 aromatic rings. The normalized spacial score (nSPS) is 17.2. The van der Waals surface area contributed by atoms with Crippen LogP contribution in [0.2, 0.25) is 0 Å². The maximum absolute atomic E-state index is 11.9. The Kier molecular flexibility index (Phi) is 5.49. The largest absolute Gasteiger partial charge is 0.251 e. The third kappa shape index (κ3) is 4.87. The first-order valence-corrected chi connectivity index (χ1v) is 12.5. The number of hydrogen-bond acceptors (Lipinski definition) is 6. The number of aryl methyl sites for hydroxylation is 2. The molecule has 0 atom stereocenters.